The summed E-state index contributed by atoms with van der Waals surface area (Å²) < 4.78 is 46.1. The lowest BCUT2D eigenvalue weighted by Crippen LogP contribution is -2.46. The van der Waals surface area contributed by atoms with Crippen molar-refractivity contribution in [3.8, 4) is 11.7 Å². The molecule has 12 nitrogen and oxygen atoms in total. The van der Waals surface area contributed by atoms with Gasteiger partial charge in [0.1, 0.15) is 18.0 Å². The number of halogens is 2. The summed E-state index contributed by atoms with van der Waals surface area (Å²) in [6.45, 7) is 2.73. The Morgan fingerprint density at radius 3 is 2.55 bits per heavy atom. The van der Waals surface area contributed by atoms with E-state index in [1.165, 1.54) is 11.7 Å². The molecule has 1 aromatic carbocycles. The summed E-state index contributed by atoms with van der Waals surface area (Å²) in [6, 6.07) is 8.02. The van der Waals surface area contributed by atoms with Gasteiger partial charge in [-0.3, -0.25) is 9.36 Å². The number of nitrogens with one attached hydrogen (secondary N) is 1. The second-order valence-corrected chi connectivity index (χ2v) is 10.6. The minimum atomic E-state index is -2.81. The number of carbonyl (C=O) groups excluding carboxylic acids is 2. The first-order chi connectivity index (χ1) is 20.4. The molecule has 3 fully saturated rings. The first-order valence-electron chi connectivity index (χ1n) is 14.2. The quantitative estimate of drug-likeness (QED) is 0.445. The number of imidazole rings is 1. The molecule has 14 heteroatoms. The summed E-state index contributed by atoms with van der Waals surface area (Å²) >= 11 is 0. The highest BCUT2D eigenvalue weighted by Gasteiger charge is 2.38. The Kier molecular flexibility index (Phi) is 8.05. The molecular weight excluding hydrogens is 552 g/mol. The van der Waals surface area contributed by atoms with E-state index in [1.54, 1.807) is 30.3 Å². The number of hydrogen-bond acceptors (Lipinski definition) is 9. The normalized spacial score (nSPS) is 23.0. The smallest absolute Gasteiger partial charge is 0.407 e. The van der Waals surface area contributed by atoms with Crippen LogP contribution in [0.3, 0.4) is 0 Å². The summed E-state index contributed by atoms with van der Waals surface area (Å²) in [4.78, 5) is 41.7. The van der Waals surface area contributed by atoms with Gasteiger partial charge in [-0.05, 0) is 44.2 Å². The second kappa shape index (κ2) is 12.0. The fraction of sp³-hybridized carbons (Fsp3) is 0.536. The van der Waals surface area contributed by atoms with Crippen molar-refractivity contribution < 1.29 is 32.6 Å². The van der Waals surface area contributed by atoms with Crippen LogP contribution in [0.1, 0.15) is 44.4 Å². The van der Waals surface area contributed by atoms with E-state index in [0.29, 0.717) is 75.0 Å². The summed E-state index contributed by atoms with van der Waals surface area (Å²) in [5.74, 6) is 0.435. The van der Waals surface area contributed by atoms with Crippen LogP contribution in [0, 0.1) is 0 Å². The number of alkyl carbamates (subject to hydrolysis) is 1. The van der Waals surface area contributed by atoms with Crippen molar-refractivity contribution in [2.24, 2.45) is 0 Å². The van der Waals surface area contributed by atoms with Gasteiger partial charge >= 0.3 is 6.09 Å². The fourth-order valence-corrected chi connectivity index (χ4v) is 5.96. The number of rotatable bonds is 7. The molecule has 0 unspecified atom stereocenters. The van der Waals surface area contributed by atoms with Gasteiger partial charge in [-0.15, -0.1) is 0 Å². The average molecular weight is 586 g/mol. The fourth-order valence-electron chi connectivity index (χ4n) is 5.96. The maximum Gasteiger partial charge on any atom is 0.407 e. The van der Waals surface area contributed by atoms with E-state index >= 15 is 0 Å². The molecule has 1 aliphatic carbocycles. The monoisotopic (exact) mass is 585 g/mol. The Morgan fingerprint density at radius 1 is 1.05 bits per heavy atom. The molecule has 224 valence electrons. The first kappa shape index (κ1) is 28.1. The van der Waals surface area contributed by atoms with Crippen LogP contribution in [-0.2, 0) is 14.3 Å². The zero-order valence-corrected chi connectivity index (χ0v) is 23.2. The van der Waals surface area contributed by atoms with Crippen LogP contribution < -0.4 is 15.0 Å². The highest BCUT2D eigenvalue weighted by molar-refractivity contribution is 5.87. The number of alkyl halides is 2. The molecule has 1 saturated carbocycles. The van der Waals surface area contributed by atoms with Gasteiger partial charge in [-0.1, -0.05) is 12.1 Å². The number of hydrogen-bond donors (Lipinski definition) is 1. The molecule has 2 aliphatic heterocycles. The molecule has 6 rings (SSSR count). The highest BCUT2D eigenvalue weighted by Crippen LogP contribution is 2.32. The molecule has 0 radical (unpaired) electrons. The van der Waals surface area contributed by atoms with E-state index in [4.69, 9.17) is 9.47 Å². The van der Waals surface area contributed by atoms with E-state index < -0.39 is 24.4 Å². The van der Waals surface area contributed by atoms with Crippen LogP contribution in [0.5, 0.6) is 5.88 Å². The van der Waals surface area contributed by atoms with E-state index in [1.807, 2.05) is 9.80 Å². The van der Waals surface area contributed by atoms with Crippen molar-refractivity contribution in [3.63, 3.8) is 0 Å². The molecule has 2 amide bonds. The molecule has 3 aliphatic rings. The molecule has 4 heterocycles. The highest BCUT2D eigenvalue weighted by atomic mass is 19.3. The topological polar surface area (TPSA) is 124 Å². The van der Waals surface area contributed by atoms with Crippen molar-refractivity contribution >= 4 is 29.0 Å². The van der Waals surface area contributed by atoms with Crippen LogP contribution in [0.4, 0.5) is 19.5 Å². The third-order valence-electron chi connectivity index (χ3n) is 8.07. The molecule has 2 saturated heterocycles. The van der Waals surface area contributed by atoms with Crippen molar-refractivity contribution in [2.75, 3.05) is 44.9 Å². The van der Waals surface area contributed by atoms with E-state index in [9.17, 15) is 18.4 Å². The zero-order chi connectivity index (χ0) is 29.2. The van der Waals surface area contributed by atoms with Crippen LogP contribution >= 0.6 is 0 Å². The van der Waals surface area contributed by atoms with Crippen molar-refractivity contribution in [2.45, 2.75) is 56.7 Å². The molecular formula is C28H33F2N7O5. The Morgan fingerprint density at radius 2 is 1.81 bits per heavy atom. The van der Waals surface area contributed by atoms with Crippen LogP contribution in [-0.4, -0.2) is 94.6 Å². The average Bonchev–Trinajstić information content (AvgIpc) is 3.58. The summed E-state index contributed by atoms with van der Waals surface area (Å²) in [5, 5.41) is 2.60. The lowest BCUT2D eigenvalue weighted by molar-refractivity contribution is -0.132. The third-order valence-corrected chi connectivity index (χ3v) is 8.07. The summed E-state index contributed by atoms with van der Waals surface area (Å²) in [5.41, 5.74) is 0.960. The van der Waals surface area contributed by atoms with Crippen molar-refractivity contribution in [1.29, 1.82) is 0 Å². The summed E-state index contributed by atoms with van der Waals surface area (Å²) in [6.07, 6.45) is -0.210. The Hall–Kier alpha value is -4.07. The van der Waals surface area contributed by atoms with Gasteiger partial charge in [0.15, 0.2) is 5.82 Å². The predicted molar refractivity (Wildman–Crippen MR) is 147 cm³/mol. The van der Waals surface area contributed by atoms with Crippen LogP contribution in [0.25, 0.3) is 16.9 Å². The Labute approximate surface area is 240 Å². The Bertz CT molecular complexity index is 1440. The van der Waals surface area contributed by atoms with Gasteiger partial charge in [-0.25, -0.2) is 18.6 Å². The largest absolute Gasteiger partial charge is 0.474 e. The van der Waals surface area contributed by atoms with Crippen LogP contribution in [0.2, 0.25) is 0 Å². The van der Waals surface area contributed by atoms with Gasteiger partial charge in [0, 0.05) is 31.7 Å². The number of likely N-dealkylation sites (tertiary alicyclic amines) is 1. The maximum absolute atomic E-state index is 14.1. The standard InChI is InChI=1S/C28H33F2N7O5/c1-40-28(39)32-20-10-11-36(26(20)38)17-6-8-18(9-7-17)42-23-16-22(33-27(34-23)35-12-14-41-15-13-35)37-21-5-3-2-4-19(21)31-25(37)24(29)30/h2-5,16-18,20,24H,6-15H2,1H3,(H,32,39)/t17-,18-,20-/m1/s1. The molecule has 1 atom stereocenters. The number of carbonyl (C=O) groups is 2. The number of anilines is 1. The second-order valence-electron chi connectivity index (χ2n) is 10.6. The van der Waals surface area contributed by atoms with Crippen molar-refractivity contribution in [1.82, 2.24) is 29.7 Å². The molecule has 0 spiro atoms. The lowest BCUT2D eigenvalue weighted by Gasteiger charge is -2.34. The number of para-hydroxylation sites is 2. The molecule has 42 heavy (non-hydrogen) atoms. The number of benzene rings is 1. The summed E-state index contributed by atoms with van der Waals surface area (Å²) in [7, 11) is 1.27. The number of amides is 2. The van der Waals surface area contributed by atoms with Gasteiger partial charge in [0.2, 0.25) is 17.7 Å². The van der Waals surface area contributed by atoms with E-state index in [0.717, 1.165) is 12.8 Å². The lowest BCUT2D eigenvalue weighted by atomic mass is 9.92. The number of morpholine rings is 1. The molecule has 2 aromatic heterocycles. The molecule has 0 bridgehead atoms. The number of methoxy groups -OCH3 is 1. The Balaban J connectivity index is 1.22. The minimum absolute atomic E-state index is 0.0533. The SMILES string of the molecule is COC(=O)N[C@@H]1CCN([C@H]2CC[C@H](Oc3cc(-n4c(C(F)F)nc5ccccc54)nc(N4CCOCC4)n3)CC2)C1=O. The van der Waals surface area contributed by atoms with Gasteiger partial charge in [0.25, 0.3) is 6.43 Å². The van der Waals surface area contributed by atoms with Crippen molar-refractivity contribution in [3.05, 3.63) is 36.2 Å². The third kappa shape index (κ3) is 5.67. The van der Waals surface area contributed by atoms with E-state index in [-0.39, 0.29) is 23.9 Å². The predicted octanol–water partition coefficient (Wildman–Crippen LogP) is 3.24. The maximum atomic E-state index is 14.1. The molecule has 3 aromatic rings. The van der Waals surface area contributed by atoms with Gasteiger partial charge in [-0.2, -0.15) is 9.97 Å². The number of fused-ring (bicyclic) bond motifs is 1. The minimum Gasteiger partial charge on any atom is -0.474 e. The van der Waals surface area contributed by atoms with E-state index in [2.05, 4.69) is 25.0 Å². The van der Waals surface area contributed by atoms with Gasteiger partial charge in [0.05, 0.1) is 31.4 Å². The first-order valence-corrected chi connectivity index (χ1v) is 14.2. The zero-order valence-electron chi connectivity index (χ0n) is 23.2. The van der Waals surface area contributed by atoms with Crippen LogP contribution in [0.15, 0.2) is 30.3 Å². The number of nitrogens with zero attached hydrogens (tertiary/aromatic N) is 6. The van der Waals surface area contributed by atoms with Gasteiger partial charge < -0.3 is 29.3 Å². The molecule has 1 N–H and O–H groups in total. The number of ether oxygens (including phenoxy) is 3. The number of aromatic nitrogens is 4.